The van der Waals surface area contributed by atoms with E-state index in [2.05, 4.69) is 0 Å². The highest BCUT2D eigenvalue weighted by Crippen LogP contribution is 2.43. The van der Waals surface area contributed by atoms with Crippen LogP contribution >= 0.6 is 11.6 Å². The standard InChI is InChI=1S/C21H25ClO10/c1-11(23)28-10-17-18(29-12(2)24)19(30-13(3)25)20(31-14(4)26)21(27-5,32-17)15-6-8-16(22)9-7-15/h6-9,17-20H,10H2,1-5H3. The van der Waals surface area contributed by atoms with E-state index in [0.717, 1.165) is 20.8 Å². The van der Waals surface area contributed by atoms with Crippen molar-refractivity contribution in [2.45, 2.75) is 57.9 Å². The fraction of sp³-hybridized carbons (Fsp3) is 0.524. The topological polar surface area (TPSA) is 124 Å². The molecule has 0 aromatic heterocycles. The number of esters is 4. The molecule has 10 nitrogen and oxygen atoms in total. The van der Waals surface area contributed by atoms with E-state index in [0.29, 0.717) is 10.6 Å². The van der Waals surface area contributed by atoms with Gasteiger partial charge in [-0.05, 0) is 12.1 Å². The number of hydrogen-bond acceptors (Lipinski definition) is 10. The molecule has 1 aromatic carbocycles. The molecule has 1 aromatic rings. The zero-order valence-electron chi connectivity index (χ0n) is 18.3. The Morgan fingerprint density at radius 3 is 1.88 bits per heavy atom. The van der Waals surface area contributed by atoms with Crippen molar-refractivity contribution in [1.82, 2.24) is 0 Å². The van der Waals surface area contributed by atoms with Crippen LogP contribution in [0.4, 0.5) is 0 Å². The largest absolute Gasteiger partial charge is 0.463 e. The molecule has 0 N–H and O–H groups in total. The van der Waals surface area contributed by atoms with Crippen molar-refractivity contribution in [1.29, 1.82) is 0 Å². The van der Waals surface area contributed by atoms with Gasteiger partial charge in [-0.1, -0.05) is 23.7 Å². The van der Waals surface area contributed by atoms with Crippen molar-refractivity contribution in [3.8, 4) is 0 Å². The van der Waals surface area contributed by atoms with E-state index in [9.17, 15) is 19.2 Å². The summed E-state index contributed by atoms with van der Waals surface area (Å²) in [5.41, 5.74) is 0.363. The second-order valence-electron chi connectivity index (χ2n) is 7.02. The van der Waals surface area contributed by atoms with Gasteiger partial charge in [0.1, 0.15) is 12.7 Å². The third kappa shape index (κ3) is 5.96. The van der Waals surface area contributed by atoms with E-state index >= 15 is 0 Å². The van der Waals surface area contributed by atoms with Crippen molar-refractivity contribution in [3.63, 3.8) is 0 Å². The molecule has 1 saturated heterocycles. The van der Waals surface area contributed by atoms with Gasteiger partial charge in [-0.25, -0.2) is 0 Å². The zero-order valence-corrected chi connectivity index (χ0v) is 19.0. The average Bonchev–Trinajstić information content (AvgIpc) is 2.69. The minimum Gasteiger partial charge on any atom is -0.463 e. The molecule has 0 amide bonds. The summed E-state index contributed by atoms with van der Waals surface area (Å²) in [6, 6.07) is 6.27. The number of rotatable bonds is 7. The normalized spacial score (nSPS) is 27.2. The lowest BCUT2D eigenvalue weighted by atomic mass is 9.87. The first-order valence-corrected chi connectivity index (χ1v) is 10.0. The van der Waals surface area contributed by atoms with Crippen LogP contribution in [0, 0.1) is 0 Å². The van der Waals surface area contributed by atoms with Crippen LogP contribution in [0.1, 0.15) is 33.3 Å². The van der Waals surface area contributed by atoms with Crippen molar-refractivity contribution in [3.05, 3.63) is 34.9 Å². The first-order chi connectivity index (χ1) is 15.0. The van der Waals surface area contributed by atoms with Crippen LogP contribution in [0.2, 0.25) is 5.02 Å². The number of benzene rings is 1. The van der Waals surface area contributed by atoms with Gasteiger partial charge in [0.2, 0.25) is 11.9 Å². The molecule has 0 aliphatic carbocycles. The van der Waals surface area contributed by atoms with E-state index in [4.69, 9.17) is 40.0 Å². The van der Waals surface area contributed by atoms with Crippen LogP contribution in [-0.2, 0) is 53.4 Å². The zero-order chi connectivity index (χ0) is 24.1. The molecular weight excluding hydrogens is 448 g/mol. The molecule has 1 aliphatic heterocycles. The fourth-order valence-electron chi connectivity index (χ4n) is 3.46. The second kappa shape index (κ2) is 10.8. The lowest BCUT2D eigenvalue weighted by Gasteiger charge is -2.50. The first kappa shape index (κ1) is 25.6. The van der Waals surface area contributed by atoms with Gasteiger partial charge in [0.25, 0.3) is 0 Å². The third-order valence-corrected chi connectivity index (χ3v) is 4.84. The van der Waals surface area contributed by atoms with E-state index in [-0.39, 0.29) is 6.61 Å². The summed E-state index contributed by atoms with van der Waals surface area (Å²) in [7, 11) is 1.30. The van der Waals surface area contributed by atoms with Crippen molar-refractivity contribution in [2.24, 2.45) is 0 Å². The van der Waals surface area contributed by atoms with Gasteiger partial charge < -0.3 is 28.4 Å². The van der Waals surface area contributed by atoms with Crippen molar-refractivity contribution < 1.29 is 47.6 Å². The molecule has 0 spiro atoms. The summed E-state index contributed by atoms with van der Waals surface area (Å²) in [5.74, 6) is -4.63. The molecule has 0 bridgehead atoms. The predicted octanol–water partition coefficient (Wildman–Crippen LogP) is 1.90. The van der Waals surface area contributed by atoms with Crippen LogP contribution in [0.15, 0.2) is 24.3 Å². The van der Waals surface area contributed by atoms with Crippen LogP contribution < -0.4 is 0 Å². The molecule has 5 unspecified atom stereocenters. The van der Waals surface area contributed by atoms with Gasteiger partial charge in [0, 0.05) is 45.4 Å². The summed E-state index contributed by atoms with van der Waals surface area (Å²) in [6.45, 7) is 4.27. The van der Waals surface area contributed by atoms with Gasteiger partial charge in [-0.2, -0.15) is 0 Å². The molecule has 1 aliphatic rings. The molecule has 0 saturated carbocycles. The summed E-state index contributed by atoms with van der Waals surface area (Å²) in [4.78, 5) is 47.2. The Labute approximate surface area is 190 Å². The number of methoxy groups -OCH3 is 1. The Bertz CT molecular complexity index is 855. The Kier molecular flexibility index (Phi) is 8.59. The van der Waals surface area contributed by atoms with E-state index in [1.54, 1.807) is 24.3 Å². The number of carbonyl (C=O) groups is 4. The molecule has 1 heterocycles. The third-order valence-electron chi connectivity index (χ3n) is 4.59. The minimum absolute atomic E-state index is 0.363. The lowest BCUT2D eigenvalue weighted by Crippen LogP contribution is -2.67. The first-order valence-electron chi connectivity index (χ1n) is 9.64. The van der Waals surface area contributed by atoms with Crippen molar-refractivity contribution >= 4 is 35.5 Å². The van der Waals surface area contributed by atoms with Gasteiger partial charge >= 0.3 is 23.9 Å². The summed E-state index contributed by atoms with van der Waals surface area (Å²) in [5, 5.41) is 0.422. The maximum absolute atomic E-state index is 12.0. The Balaban J connectivity index is 2.68. The van der Waals surface area contributed by atoms with Crippen LogP contribution in [0.3, 0.4) is 0 Å². The van der Waals surface area contributed by atoms with Crippen LogP contribution in [0.5, 0.6) is 0 Å². The number of hydrogen-bond donors (Lipinski definition) is 0. The minimum atomic E-state index is -1.82. The molecule has 2 rings (SSSR count). The monoisotopic (exact) mass is 472 g/mol. The fourth-order valence-corrected chi connectivity index (χ4v) is 3.59. The molecule has 0 radical (unpaired) electrons. The predicted molar refractivity (Wildman–Crippen MR) is 108 cm³/mol. The molecule has 1 fully saturated rings. The highest BCUT2D eigenvalue weighted by atomic mass is 35.5. The SMILES string of the molecule is COC1(c2ccc(Cl)cc2)OC(COC(C)=O)C(OC(C)=O)C(OC(C)=O)C1OC(C)=O. The van der Waals surface area contributed by atoms with Gasteiger partial charge in [-0.3, -0.25) is 19.2 Å². The van der Waals surface area contributed by atoms with Crippen LogP contribution in [-0.4, -0.2) is 62.0 Å². The number of carbonyl (C=O) groups excluding carboxylic acids is 4. The lowest BCUT2D eigenvalue weighted by molar-refractivity contribution is -0.367. The van der Waals surface area contributed by atoms with Crippen molar-refractivity contribution in [2.75, 3.05) is 13.7 Å². The summed E-state index contributed by atoms with van der Waals surface area (Å²) in [6.07, 6.45) is -5.18. The quantitative estimate of drug-likeness (QED) is 0.429. The molecule has 5 atom stereocenters. The molecular formula is C21H25ClO10. The van der Waals surface area contributed by atoms with E-state index < -0.39 is 54.1 Å². The van der Waals surface area contributed by atoms with Gasteiger partial charge in [0.05, 0.1) is 0 Å². The Hall–Kier alpha value is -2.69. The summed E-state index contributed by atoms with van der Waals surface area (Å²) >= 11 is 6.00. The second-order valence-corrected chi connectivity index (χ2v) is 7.45. The van der Waals surface area contributed by atoms with Gasteiger partial charge in [0.15, 0.2) is 12.2 Å². The highest BCUT2D eigenvalue weighted by Gasteiger charge is 2.61. The molecule has 11 heteroatoms. The molecule has 32 heavy (non-hydrogen) atoms. The maximum atomic E-state index is 12.0. The number of halogens is 1. The molecule has 176 valence electrons. The maximum Gasteiger partial charge on any atom is 0.303 e. The van der Waals surface area contributed by atoms with E-state index in [1.165, 1.54) is 14.0 Å². The Morgan fingerprint density at radius 1 is 0.875 bits per heavy atom. The van der Waals surface area contributed by atoms with E-state index in [1.807, 2.05) is 0 Å². The smallest absolute Gasteiger partial charge is 0.303 e. The van der Waals surface area contributed by atoms with Crippen LogP contribution in [0.25, 0.3) is 0 Å². The number of ether oxygens (including phenoxy) is 6. The van der Waals surface area contributed by atoms with Gasteiger partial charge in [-0.15, -0.1) is 0 Å². The average molecular weight is 473 g/mol. The summed E-state index contributed by atoms with van der Waals surface area (Å²) < 4.78 is 33.2. The highest BCUT2D eigenvalue weighted by molar-refractivity contribution is 6.30. The Morgan fingerprint density at radius 2 is 1.41 bits per heavy atom.